The zero-order valence-electron chi connectivity index (χ0n) is 14.5. The summed E-state index contributed by atoms with van der Waals surface area (Å²) in [5, 5.41) is 3.93. The normalized spacial score (nSPS) is 19.7. The van der Waals surface area contributed by atoms with Gasteiger partial charge in [0.15, 0.2) is 0 Å². The molecular weight excluding hydrogens is 337 g/mol. The largest absolute Gasteiger partial charge is 0.497 e. The van der Waals surface area contributed by atoms with Crippen LogP contribution in [0.5, 0.6) is 5.75 Å². The Labute approximate surface area is 149 Å². The number of aromatic nitrogens is 4. The van der Waals surface area contributed by atoms with Crippen molar-refractivity contribution in [1.82, 2.24) is 20.1 Å². The Balaban J connectivity index is 1.55. The van der Waals surface area contributed by atoms with Gasteiger partial charge < -0.3 is 14.2 Å². The first-order valence-electron chi connectivity index (χ1n) is 8.28. The minimum atomic E-state index is -1.70. The average Bonchev–Trinajstić information content (AvgIpc) is 3.30. The Bertz CT molecular complexity index is 914. The molecule has 0 aliphatic carbocycles. The van der Waals surface area contributed by atoms with Crippen molar-refractivity contribution < 1.29 is 13.7 Å². The van der Waals surface area contributed by atoms with Crippen molar-refractivity contribution in [3.8, 4) is 17.1 Å². The van der Waals surface area contributed by atoms with E-state index in [1.54, 1.807) is 19.2 Å². The minimum absolute atomic E-state index is 0.00315. The molecule has 2 aromatic heterocycles. The summed E-state index contributed by atoms with van der Waals surface area (Å²) in [4.78, 5) is 14.4. The van der Waals surface area contributed by atoms with Crippen LogP contribution in [0.4, 0.5) is 10.2 Å². The van der Waals surface area contributed by atoms with Crippen LogP contribution in [0.1, 0.15) is 18.0 Å². The highest BCUT2D eigenvalue weighted by molar-refractivity contribution is 5.55. The van der Waals surface area contributed by atoms with Gasteiger partial charge in [-0.25, -0.2) is 14.4 Å². The molecule has 134 valence electrons. The second kappa shape index (κ2) is 6.36. The lowest BCUT2D eigenvalue weighted by Gasteiger charge is -2.18. The van der Waals surface area contributed by atoms with Crippen molar-refractivity contribution in [3.63, 3.8) is 0 Å². The highest BCUT2D eigenvalue weighted by Gasteiger charge is 2.45. The third kappa shape index (κ3) is 2.98. The smallest absolute Gasteiger partial charge is 0.266 e. The van der Waals surface area contributed by atoms with E-state index in [0.717, 1.165) is 17.0 Å². The fraction of sp³-hybridized carbons (Fsp3) is 0.333. The van der Waals surface area contributed by atoms with Crippen molar-refractivity contribution in [2.24, 2.45) is 0 Å². The molecule has 1 aromatic carbocycles. The third-order valence-corrected chi connectivity index (χ3v) is 4.49. The van der Waals surface area contributed by atoms with Crippen molar-refractivity contribution >= 4 is 5.82 Å². The van der Waals surface area contributed by atoms with Crippen LogP contribution in [-0.4, -0.2) is 40.3 Å². The number of ether oxygens (including phenoxy) is 1. The van der Waals surface area contributed by atoms with Crippen molar-refractivity contribution in [1.29, 1.82) is 0 Å². The van der Waals surface area contributed by atoms with Crippen LogP contribution in [0.3, 0.4) is 0 Å². The van der Waals surface area contributed by atoms with Crippen LogP contribution in [-0.2, 0) is 5.67 Å². The van der Waals surface area contributed by atoms with Gasteiger partial charge in [0, 0.05) is 30.3 Å². The van der Waals surface area contributed by atoms with Crippen LogP contribution >= 0.6 is 0 Å². The molecule has 0 radical (unpaired) electrons. The number of anilines is 1. The maximum atomic E-state index is 15.4. The summed E-state index contributed by atoms with van der Waals surface area (Å²) in [5.74, 6) is 1.78. The summed E-state index contributed by atoms with van der Waals surface area (Å²) in [6, 6.07) is 9.05. The molecule has 0 N–H and O–H groups in total. The topological polar surface area (TPSA) is 77.2 Å². The molecule has 4 rings (SSSR count). The number of rotatable bonds is 4. The zero-order chi connectivity index (χ0) is 18.1. The molecule has 0 spiro atoms. The van der Waals surface area contributed by atoms with Crippen LogP contribution in [0.2, 0.25) is 0 Å². The molecule has 1 saturated heterocycles. The third-order valence-electron chi connectivity index (χ3n) is 4.49. The highest BCUT2D eigenvalue weighted by atomic mass is 19.1. The molecule has 3 heterocycles. The maximum Gasteiger partial charge on any atom is 0.266 e. The summed E-state index contributed by atoms with van der Waals surface area (Å²) in [6.07, 6.45) is 1.75. The minimum Gasteiger partial charge on any atom is -0.497 e. The predicted octanol–water partition coefficient (Wildman–Crippen LogP) is 2.92. The van der Waals surface area contributed by atoms with Gasteiger partial charge in [0.2, 0.25) is 11.5 Å². The van der Waals surface area contributed by atoms with Crippen molar-refractivity contribution in [3.05, 3.63) is 48.2 Å². The first-order chi connectivity index (χ1) is 12.6. The standard InChI is InChI=1S/C18H18FN5O2/c1-12-9-15(21-11-20-12)24-8-7-18(19,10-24)17-22-16(23-26-17)13-3-5-14(25-2)6-4-13/h3-6,9,11H,7-8,10H2,1-2H3. The van der Waals surface area contributed by atoms with Crippen molar-refractivity contribution in [2.45, 2.75) is 19.0 Å². The van der Waals surface area contributed by atoms with E-state index < -0.39 is 5.67 Å². The van der Waals surface area contributed by atoms with E-state index in [-0.39, 0.29) is 18.9 Å². The fourth-order valence-electron chi connectivity index (χ4n) is 3.02. The molecule has 0 saturated carbocycles. The number of alkyl halides is 1. The van der Waals surface area contributed by atoms with E-state index in [9.17, 15) is 0 Å². The van der Waals surface area contributed by atoms with Gasteiger partial charge in [0.25, 0.3) is 5.89 Å². The molecule has 7 nitrogen and oxygen atoms in total. The molecular formula is C18H18FN5O2. The Morgan fingerprint density at radius 3 is 2.77 bits per heavy atom. The number of benzene rings is 1. The second-order valence-corrected chi connectivity index (χ2v) is 6.31. The summed E-state index contributed by atoms with van der Waals surface area (Å²) >= 11 is 0. The first-order valence-corrected chi connectivity index (χ1v) is 8.28. The van der Waals surface area contributed by atoms with Gasteiger partial charge in [-0.1, -0.05) is 5.16 Å². The molecule has 1 aliphatic heterocycles. The molecule has 1 unspecified atom stereocenters. The molecule has 1 fully saturated rings. The SMILES string of the molecule is COc1ccc(-c2noc(C3(F)CCN(c4cc(C)ncn4)C3)n2)cc1. The summed E-state index contributed by atoms with van der Waals surface area (Å²) in [7, 11) is 1.60. The van der Waals surface area contributed by atoms with Crippen LogP contribution in [0.25, 0.3) is 11.4 Å². The lowest BCUT2D eigenvalue weighted by molar-refractivity contribution is 0.136. The number of halogens is 1. The van der Waals surface area contributed by atoms with Crippen LogP contribution < -0.4 is 9.64 Å². The summed E-state index contributed by atoms with van der Waals surface area (Å²) < 4.78 is 25.8. The predicted molar refractivity (Wildman–Crippen MR) is 92.7 cm³/mol. The summed E-state index contributed by atoms with van der Waals surface area (Å²) in [5.41, 5.74) is -0.118. The first kappa shape index (κ1) is 16.4. The van der Waals surface area contributed by atoms with Gasteiger partial charge in [0.1, 0.15) is 17.9 Å². The average molecular weight is 355 g/mol. The molecule has 8 heteroatoms. The monoisotopic (exact) mass is 355 g/mol. The lowest BCUT2D eigenvalue weighted by Crippen LogP contribution is -2.28. The quantitative estimate of drug-likeness (QED) is 0.712. The molecule has 0 bridgehead atoms. The van der Waals surface area contributed by atoms with Gasteiger partial charge in [-0.3, -0.25) is 0 Å². The second-order valence-electron chi connectivity index (χ2n) is 6.31. The molecule has 3 aromatic rings. The lowest BCUT2D eigenvalue weighted by atomic mass is 10.1. The fourth-order valence-corrected chi connectivity index (χ4v) is 3.02. The highest BCUT2D eigenvalue weighted by Crippen LogP contribution is 2.37. The van der Waals surface area contributed by atoms with E-state index in [0.29, 0.717) is 18.2 Å². The van der Waals surface area contributed by atoms with Gasteiger partial charge in [0.05, 0.1) is 13.7 Å². The van der Waals surface area contributed by atoms with Crippen molar-refractivity contribution in [2.75, 3.05) is 25.1 Å². The van der Waals surface area contributed by atoms with Crippen LogP contribution in [0, 0.1) is 6.92 Å². The van der Waals surface area contributed by atoms with E-state index in [4.69, 9.17) is 9.26 Å². The molecule has 1 aliphatic rings. The van der Waals surface area contributed by atoms with E-state index in [2.05, 4.69) is 20.1 Å². The van der Waals surface area contributed by atoms with Gasteiger partial charge >= 0.3 is 0 Å². The molecule has 0 amide bonds. The van der Waals surface area contributed by atoms with E-state index in [1.165, 1.54) is 6.33 Å². The number of methoxy groups -OCH3 is 1. The Hall–Kier alpha value is -3.03. The number of hydrogen-bond donors (Lipinski definition) is 0. The van der Waals surface area contributed by atoms with Gasteiger partial charge in [-0.2, -0.15) is 4.98 Å². The molecule has 1 atom stereocenters. The zero-order valence-corrected chi connectivity index (χ0v) is 14.5. The summed E-state index contributed by atoms with van der Waals surface area (Å²) in [6.45, 7) is 2.52. The van der Waals surface area contributed by atoms with E-state index in [1.807, 2.05) is 30.0 Å². The van der Waals surface area contributed by atoms with E-state index >= 15 is 4.39 Å². The number of aryl methyl sites for hydroxylation is 1. The number of nitrogens with zero attached hydrogens (tertiary/aromatic N) is 5. The van der Waals surface area contributed by atoms with Crippen LogP contribution in [0.15, 0.2) is 41.2 Å². The Morgan fingerprint density at radius 2 is 2.04 bits per heavy atom. The van der Waals surface area contributed by atoms with Gasteiger partial charge in [-0.15, -0.1) is 0 Å². The van der Waals surface area contributed by atoms with Gasteiger partial charge in [-0.05, 0) is 31.2 Å². The Morgan fingerprint density at radius 1 is 1.23 bits per heavy atom. The maximum absolute atomic E-state index is 15.4. The number of hydrogen-bond acceptors (Lipinski definition) is 7. The Kier molecular flexibility index (Phi) is 4.02. The molecule has 26 heavy (non-hydrogen) atoms.